The predicted octanol–water partition coefficient (Wildman–Crippen LogP) is 2.37. The second kappa shape index (κ2) is 7.27. The minimum absolute atomic E-state index is 0.270. The van der Waals surface area contributed by atoms with Gasteiger partial charge in [0.1, 0.15) is 0 Å². The molecule has 0 bridgehead atoms. The molecular weight excluding hydrogens is 264 g/mol. The summed E-state index contributed by atoms with van der Waals surface area (Å²) in [5.74, 6) is 1.69. The van der Waals surface area contributed by atoms with E-state index in [4.69, 9.17) is 4.74 Å². The minimum atomic E-state index is 0.270. The zero-order valence-electron chi connectivity index (χ0n) is 14.1. The summed E-state index contributed by atoms with van der Waals surface area (Å²) in [6, 6.07) is 0.921. The molecule has 2 rings (SSSR count). The van der Waals surface area contributed by atoms with Gasteiger partial charge in [-0.3, -0.25) is 0 Å². The largest absolute Gasteiger partial charge is 0.383 e. The Morgan fingerprint density at radius 2 is 2.19 bits per heavy atom. The molecule has 0 aromatic carbocycles. The predicted molar refractivity (Wildman–Crippen MR) is 86.7 cm³/mol. The van der Waals surface area contributed by atoms with E-state index in [2.05, 4.69) is 53.7 Å². The van der Waals surface area contributed by atoms with Crippen LogP contribution in [0, 0.1) is 12.8 Å². The zero-order chi connectivity index (χ0) is 15.4. The summed E-state index contributed by atoms with van der Waals surface area (Å²) in [5, 5.41) is 3.45. The van der Waals surface area contributed by atoms with Crippen LogP contribution in [0.25, 0.3) is 0 Å². The second-order valence-corrected chi connectivity index (χ2v) is 6.60. The molecule has 1 fully saturated rings. The summed E-state index contributed by atoms with van der Waals surface area (Å²) in [5.41, 5.74) is 1.07. The lowest BCUT2D eigenvalue weighted by atomic mass is 10.1. The molecule has 0 amide bonds. The molecule has 0 saturated carbocycles. The van der Waals surface area contributed by atoms with Crippen LogP contribution in [0.3, 0.4) is 0 Å². The number of ether oxygens (including phenoxy) is 1. The highest BCUT2D eigenvalue weighted by Crippen LogP contribution is 2.22. The first-order valence-corrected chi connectivity index (χ1v) is 8.03. The number of aromatic nitrogens is 2. The van der Waals surface area contributed by atoms with E-state index in [0.717, 1.165) is 24.1 Å². The highest BCUT2D eigenvalue weighted by atomic mass is 16.5. The van der Waals surface area contributed by atoms with Crippen LogP contribution in [0.1, 0.15) is 32.9 Å². The van der Waals surface area contributed by atoms with E-state index in [1.807, 2.05) is 0 Å². The van der Waals surface area contributed by atoms with Crippen LogP contribution in [0.5, 0.6) is 0 Å². The Hall–Kier alpha value is -1.07. The van der Waals surface area contributed by atoms with Crippen LogP contribution in [0.2, 0.25) is 0 Å². The quantitative estimate of drug-likeness (QED) is 0.838. The van der Waals surface area contributed by atoms with Crippen LogP contribution in [-0.4, -0.2) is 53.3 Å². The molecule has 1 saturated heterocycles. The minimum Gasteiger partial charge on any atom is -0.383 e. The highest BCUT2D eigenvalue weighted by molar-refractivity contribution is 5.30. The zero-order valence-corrected chi connectivity index (χ0v) is 14.1. The molecule has 1 N–H and O–H groups in total. The third kappa shape index (κ3) is 4.45. The van der Waals surface area contributed by atoms with E-state index in [1.165, 1.54) is 19.5 Å². The van der Waals surface area contributed by atoms with E-state index in [1.54, 1.807) is 7.11 Å². The van der Waals surface area contributed by atoms with Crippen molar-refractivity contribution in [2.24, 2.45) is 5.92 Å². The normalized spacial score (nSPS) is 21.1. The van der Waals surface area contributed by atoms with Gasteiger partial charge in [0.15, 0.2) is 0 Å². The van der Waals surface area contributed by atoms with Crippen molar-refractivity contribution < 1.29 is 4.74 Å². The number of nitrogens with one attached hydrogen (secondary N) is 1. The standard InChI is InChI=1S/C16H30N4O/c1-12(2)19-7-6-15(9-19)10-20-8-13(3)17-16(20)18-14(4)11-21-5/h8,12,14-15H,6-7,9-11H2,1-5H3,(H,17,18). The van der Waals surface area contributed by atoms with Crippen molar-refractivity contribution in [3.05, 3.63) is 11.9 Å². The number of rotatable bonds is 7. The summed E-state index contributed by atoms with van der Waals surface area (Å²) < 4.78 is 7.46. The van der Waals surface area contributed by atoms with Gasteiger partial charge in [-0.25, -0.2) is 4.98 Å². The Balaban J connectivity index is 1.97. The van der Waals surface area contributed by atoms with Crippen molar-refractivity contribution in [3.8, 4) is 0 Å². The van der Waals surface area contributed by atoms with E-state index < -0.39 is 0 Å². The Labute approximate surface area is 128 Å². The van der Waals surface area contributed by atoms with Gasteiger partial charge in [-0.1, -0.05) is 0 Å². The molecule has 120 valence electrons. The van der Waals surface area contributed by atoms with Gasteiger partial charge in [-0.2, -0.15) is 0 Å². The molecule has 1 aliphatic rings. The van der Waals surface area contributed by atoms with Crippen molar-refractivity contribution in [2.45, 2.75) is 52.7 Å². The molecule has 21 heavy (non-hydrogen) atoms. The summed E-state index contributed by atoms with van der Waals surface area (Å²) in [4.78, 5) is 7.18. The average molecular weight is 294 g/mol. The van der Waals surface area contributed by atoms with E-state index >= 15 is 0 Å². The first kappa shape index (κ1) is 16.3. The smallest absolute Gasteiger partial charge is 0.203 e. The molecule has 2 atom stereocenters. The van der Waals surface area contributed by atoms with Gasteiger partial charge in [0.25, 0.3) is 0 Å². The van der Waals surface area contributed by atoms with Crippen molar-refractivity contribution in [3.63, 3.8) is 0 Å². The van der Waals surface area contributed by atoms with Gasteiger partial charge in [0, 0.05) is 38.5 Å². The number of methoxy groups -OCH3 is 1. The molecule has 0 aliphatic carbocycles. The van der Waals surface area contributed by atoms with E-state index in [9.17, 15) is 0 Å². The fourth-order valence-electron chi connectivity index (χ4n) is 3.07. The van der Waals surface area contributed by atoms with Crippen LogP contribution >= 0.6 is 0 Å². The van der Waals surface area contributed by atoms with E-state index in [0.29, 0.717) is 12.6 Å². The maximum absolute atomic E-state index is 5.19. The lowest BCUT2D eigenvalue weighted by molar-refractivity contribution is 0.190. The third-order valence-corrected chi connectivity index (χ3v) is 4.19. The highest BCUT2D eigenvalue weighted by Gasteiger charge is 2.25. The molecule has 1 aliphatic heterocycles. The number of nitrogens with zero attached hydrogens (tertiary/aromatic N) is 3. The lowest BCUT2D eigenvalue weighted by Crippen LogP contribution is -2.29. The maximum atomic E-state index is 5.19. The molecule has 1 aromatic rings. The molecule has 0 spiro atoms. The van der Waals surface area contributed by atoms with Crippen LogP contribution in [0.4, 0.5) is 5.95 Å². The molecule has 1 aromatic heterocycles. The van der Waals surface area contributed by atoms with Gasteiger partial charge < -0.3 is 19.5 Å². The summed E-state index contributed by atoms with van der Waals surface area (Å²) >= 11 is 0. The summed E-state index contributed by atoms with van der Waals surface area (Å²) in [6.45, 7) is 12.9. The molecule has 2 heterocycles. The number of imidazole rings is 1. The third-order valence-electron chi connectivity index (χ3n) is 4.19. The SMILES string of the molecule is COCC(C)Nc1nc(C)cn1CC1CCN(C(C)C)C1. The number of hydrogen-bond acceptors (Lipinski definition) is 4. The van der Waals surface area contributed by atoms with Crippen LogP contribution in [-0.2, 0) is 11.3 Å². The molecule has 2 unspecified atom stereocenters. The van der Waals surface area contributed by atoms with Crippen LogP contribution in [0.15, 0.2) is 6.20 Å². The lowest BCUT2D eigenvalue weighted by Gasteiger charge is -2.21. The average Bonchev–Trinajstić information content (AvgIpc) is 2.98. The first-order valence-electron chi connectivity index (χ1n) is 8.03. The summed E-state index contributed by atoms with van der Waals surface area (Å²) in [7, 11) is 1.73. The van der Waals surface area contributed by atoms with Crippen molar-refractivity contribution in [2.75, 3.05) is 32.1 Å². The van der Waals surface area contributed by atoms with E-state index in [-0.39, 0.29) is 6.04 Å². The number of aryl methyl sites for hydroxylation is 1. The number of likely N-dealkylation sites (tertiary alicyclic amines) is 1. The Morgan fingerprint density at radius 1 is 1.43 bits per heavy atom. The molecule has 5 heteroatoms. The Kier molecular flexibility index (Phi) is 5.65. The van der Waals surface area contributed by atoms with Crippen molar-refractivity contribution >= 4 is 5.95 Å². The number of anilines is 1. The molecular formula is C16H30N4O. The van der Waals surface area contributed by atoms with Gasteiger partial charge in [-0.15, -0.1) is 0 Å². The van der Waals surface area contributed by atoms with Gasteiger partial charge in [-0.05, 0) is 46.6 Å². The fourth-order valence-corrected chi connectivity index (χ4v) is 3.07. The Bertz CT molecular complexity index is 443. The molecule has 0 radical (unpaired) electrons. The first-order chi connectivity index (χ1) is 9.99. The van der Waals surface area contributed by atoms with Gasteiger partial charge in [0.05, 0.1) is 12.3 Å². The van der Waals surface area contributed by atoms with Gasteiger partial charge >= 0.3 is 0 Å². The maximum Gasteiger partial charge on any atom is 0.203 e. The number of hydrogen-bond donors (Lipinski definition) is 1. The van der Waals surface area contributed by atoms with Crippen molar-refractivity contribution in [1.29, 1.82) is 0 Å². The van der Waals surface area contributed by atoms with Gasteiger partial charge in [0.2, 0.25) is 5.95 Å². The molecule has 5 nitrogen and oxygen atoms in total. The summed E-state index contributed by atoms with van der Waals surface area (Å²) in [6.07, 6.45) is 3.43. The monoisotopic (exact) mass is 294 g/mol. The van der Waals surface area contributed by atoms with Crippen LogP contribution < -0.4 is 5.32 Å². The fraction of sp³-hybridized carbons (Fsp3) is 0.812. The topological polar surface area (TPSA) is 42.3 Å². The van der Waals surface area contributed by atoms with Crippen molar-refractivity contribution in [1.82, 2.24) is 14.5 Å². The Morgan fingerprint density at radius 3 is 2.81 bits per heavy atom. The second-order valence-electron chi connectivity index (χ2n) is 6.60.